The van der Waals surface area contributed by atoms with Gasteiger partial charge in [0.05, 0.1) is 11.0 Å². The second kappa shape index (κ2) is 4.82. The van der Waals surface area contributed by atoms with Gasteiger partial charge in [0.2, 0.25) is 10.0 Å². The van der Waals surface area contributed by atoms with Crippen molar-refractivity contribution in [2.75, 3.05) is 12.3 Å². The summed E-state index contributed by atoms with van der Waals surface area (Å²) in [5.74, 6) is 0. The Morgan fingerprint density at radius 2 is 2.12 bits per heavy atom. The number of benzene rings is 1. The molecule has 0 heterocycles. The van der Waals surface area contributed by atoms with Crippen molar-refractivity contribution in [3.8, 4) is 0 Å². The Morgan fingerprint density at radius 1 is 1.50 bits per heavy atom. The second-order valence-corrected chi connectivity index (χ2v) is 5.49. The van der Waals surface area contributed by atoms with Crippen molar-refractivity contribution in [2.24, 2.45) is 0 Å². The van der Waals surface area contributed by atoms with E-state index in [0.29, 0.717) is 11.3 Å². The number of hydrogen-bond donors (Lipinski definition) is 3. The minimum absolute atomic E-state index is 0.00818. The monoisotopic (exact) mass is 244 g/mol. The second-order valence-electron chi connectivity index (χ2n) is 3.72. The van der Waals surface area contributed by atoms with Crippen molar-refractivity contribution in [3.05, 3.63) is 23.8 Å². The molecule has 90 valence electrons. The number of sulfonamides is 1. The molecule has 0 fully saturated rings. The number of aliphatic hydroxyl groups excluding tert-OH is 1. The van der Waals surface area contributed by atoms with Crippen LogP contribution in [0.15, 0.2) is 23.1 Å². The van der Waals surface area contributed by atoms with Crippen LogP contribution in [0.5, 0.6) is 0 Å². The number of nitrogens with one attached hydrogen (secondary N) is 1. The quantitative estimate of drug-likeness (QED) is 0.661. The highest BCUT2D eigenvalue weighted by Gasteiger charge is 2.14. The van der Waals surface area contributed by atoms with Crippen molar-refractivity contribution in [2.45, 2.75) is 24.8 Å². The molecule has 0 spiro atoms. The summed E-state index contributed by atoms with van der Waals surface area (Å²) < 4.78 is 25.8. The predicted molar refractivity (Wildman–Crippen MR) is 62.5 cm³/mol. The molecule has 1 aromatic carbocycles. The summed E-state index contributed by atoms with van der Waals surface area (Å²) in [6, 6.07) is 4.48. The highest BCUT2D eigenvalue weighted by molar-refractivity contribution is 7.89. The van der Waals surface area contributed by atoms with E-state index in [-0.39, 0.29) is 11.4 Å². The third kappa shape index (κ3) is 3.19. The van der Waals surface area contributed by atoms with Gasteiger partial charge in [0, 0.05) is 12.2 Å². The SMILES string of the molecule is Cc1cc(S(=O)(=O)NC[C@@H](C)O)ccc1N. The number of nitrogens with two attached hydrogens (primary N) is 1. The first-order valence-electron chi connectivity index (χ1n) is 4.87. The van der Waals surface area contributed by atoms with Crippen LogP contribution in [-0.4, -0.2) is 26.2 Å². The number of aliphatic hydroxyl groups is 1. The molecular weight excluding hydrogens is 228 g/mol. The van der Waals surface area contributed by atoms with Crippen LogP contribution in [0.4, 0.5) is 5.69 Å². The summed E-state index contributed by atoms with van der Waals surface area (Å²) >= 11 is 0. The van der Waals surface area contributed by atoms with E-state index in [1.807, 2.05) is 0 Å². The van der Waals surface area contributed by atoms with E-state index in [2.05, 4.69) is 4.72 Å². The van der Waals surface area contributed by atoms with Gasteiger partial charge in [-0.2, -0.15) is 0 Å². The molecule has 5 nitrogen and oxygen atoms in total. The molecule has 0 saturated heterocycles. The fourth-order valence-electron chi connectivity index (χ4n) is 1.13. The first-order valence-corrected chi connectivity index (χ1v) is 6.35. The van der Waals surface area contributed by atoms with Gasteiger partial charge in [0.15, 0.2) is 0 Å². The predicted octanol–water partition coefficient (Wildman–Crippen LogP) is 0.236. The van der Waals surface area contributed by atoms with Gasteiger partial charge in [-0.25, -0.2) is 13.1 Å². The van der Waals surface area contributed by atoms with Crippen LogP contribution in [0.3, 0.4) is 0 Å². The van der Waals surface area contributed by atoms with E-state index in [9.17, 15) is 8.42 Å². The van der Waals surface area contributed by atoms with Gasteiger partial charge in [0.25, 0.3) is 0 Å². The smallest absolute Gasteiger partial charge is 0.240 e. The first-order chi connectivity index (χ1) is 7.33. The van der Waals surface area contributed by atoms with Crippen molar-refractivity contribution in [1.82, 2.24) is 4.72 Å². The maximum Gasteiger partial charge on any atom is 0.240 e. The minimum atomic E-state index is -3.56. The molecule has 1 aromatic rings. The fourth-order valence-corrected chi connectivity index (χ4v) is 2.34. The summed E-state index contributed by atoms with van der Waals surface area (Å²) in [6.45, 7) is 3.24. The molecule has 0 aromatic heterocycles. The van der Waals surface area contributed by atoms with Gasteiger partial charge in [-0.05, 0) is 37.6 Å². The van der Waals surface area contributed by atoms with E-state index < -0.39 is 16.1 Å². The maximum absolute atomic E-state index is 11.7. The molecule has 1 atom stereocenters. The van der Waals surface area contributed by atoms with Crippen molar-refractivity contribution < 1.29 is 13.5 Å². The summed E-state index contributed by atoms with van der Waals surface area (Å²) in [5.41, 5.74) is 6.86. The van der Waals surface area contributed by atoms with Crippen LogP contribution in [-0.2, 0) is 10.0 Å². The first kappa shape index (κ1) is 13.0. The Kier molecular flexibility index (Phi) is 3.90. The van der Waals surface area contributed by atoms with Crippen molar-refractivity contribution in [3.63, 3.8) is 0 Å². The third-order valence-corrected chi connectivity index (χ3v) is 3.54. The lowest BCUT2D eigenvalue weighted by Gasteiger charge is -2.09. The topological polar surface area (TPSA) is 92.4 Å². The van der Waals surface area contributed by atoms with Gasteiger partial charge in [-0.1, -0.05) is 0 Å². The maximum atomic E-state index is 11.7. The zero-order chi connectivity index (χ0) is 12.3. The number of rotatable bonds is 4. The highest BCUT2D eigenvalue weighted by Crippen LogP contribution is 2.16. The van der Waals surface area contributed by atoms with E-state index >= 15 is 0 Å². The van der Waals surface area contributed by atoms with Crippen LogP contribution < -0.4 is 10.5 Å². The zero-order valence-electron chi connectivity index (χ0n) is 9.27. The van der Waals surface area contributed by atoms with Gasteiger partial charge >= 0.3 is 0 Å². The Labute approximate surface area is 95.3 Å². The summed E-state index contributed by atoms with van der Waals surface area (Å²) in [4.78, 5) is 0.153. The lowest BCUT2D eigenvalue weighted by atomic mass is 10.2. The lowest BCUT2D eigenvalue weighted by molar-refractivity contribution is 0.198. The standard InChI is InChI=1S/C10H16N2O3S/c1-7-5-9(3-4-10(7)11)16(14,15)12-6-8(2)13/h3-5,8,12-13H,6,11H2,1-2H3/t8-/m1/s1. The van der Waals surface area contributed by atoms with Gasteiger partial charge in [0.1, 0.15) is 0 Å². The number of aryl methyl sites for hydroxylation is 1. The molecule has 0 saturated carbocycles. The van der Waals surface area contributed by atoms with Crippen LogP contribution in [0.2, 0.25) is 0 Å². The largest absolute Gasteiger partial charge is 0.399 e. The fraction of sp³-hybridized carbons (Fsp3) is 0.400. The third-order valence-electron chi connectivity index (χ3n) is 2.12. The Balaban J connectivity index is 2.94. The molecule has 0 aliphatic rings. The summed E-state index contributed by atoms with van der Waals surface area (Å²) in [5, 5.41) is 9.01. The van der Waals surface area contributed by atoms with Crippen molar-refractivity contribution in [1.29, 1.82) is 0 Å². The zero-order valence-corrected chi connectivity index (χ0v) is 10.1. The molecular formula is C10H16N2O3S. The normalized spacial score (nSPS) is 13.7. The average molecular weight is 244 g/mol. The number of hydrogen-bond acceptors (Lipinski definition) is 4. The number of nitrogen functional groups attached to an aromatic ring is 1. The van der Waals surface area contributed by atoms with Gasteiger partial charge < -0.3 is 10.8 Å². The molecule has 0 aliphatic heterocycles. The summed E-state index contributed by atoms with van der Waals surface area (Å²) in [6.07, 6.45) is -0.718. The van der Waals surface area contributed by atoms with Gasteiger partial charge in [-0.3, -0.25) is 0 Å². The molecule has 6 heteroatoms. The molecule has 0 aliphatic carbocycles. The van der Waals surface area contributed by atoms with Gasteiger partial charge in [-0.15, -0.1) is 0 Å². The van der Waals surface area contributed by atoms with Crippen LogP contribution >= 0.6 is 0 Å². The molecule has 4 N–H and O–H groups in total. The molecule has 0 bridgehead atoms. The number of anilines is 1. The molecule has 0 unspecified atom stereocenters. The average Bonchev–Trinajstić information content (AvgIpc) is 2.19. The Hall–Kier alpha value is -1.11. The molecule has 16 heavy (non-hydrogen) atoms. The van der Waals surface area contributed by atoms with Crippen LogP contribution in [0, 0.1) is 6.92 Å². The Bertz CT molecular complexity index is 469. The highest BCUT2D eigenvalue weighted by atomic mass is 32.2. The molecule has 0 radical (unpaired) electrons. The molecule has 1 rings (SSSR count). The van der Waals surface area contributed by atoms with E-state index in [4.69, 9.17) is 10.8 Å². The summed E-state index contributed by atoms with van der Waals surface area (Å²) in [7, 11) is -3.56. The lowest BCUT2D eigenvalue weighted by Crippen LogP contribution is -2.30. The van der Waals surface area contributed by atoms with Crippen LogP contribution in [0.25, 0.3) is 0 Å². The minimum Gasteiger partial charge on any atom is -0.399 e. The van der Waals surface area contributed by atoms with E-state index in [0.717, 1.165) is 0 Å². The molecule has 0 amide bonds. The Morgan fingerprint density at radius 3 is 2.62 bits per heavy atom. The van der Waals surface area contributed by atoms with E-state index in [1.54, 1.807) is 13.0 Å². The van der Waals surface area contributed by atoms with E-state index in [1.165, 1.54) is 19.1 Å². The van der Waals surface area contributed by atoms with Crippen molar-refractivity contribution >= 4 is 15.7 Å². The van der Waals surface area contributed by atoms with Crippen LogP contribution in [0.1, 0.15) is 12.5 Å².